The van der Waals surface area contributed by atoms with Gasteiger partial charge >= 0.3 is 0 Å². The summed E-state index contributed by atoms with van der Waals surface area (Å²) in [6.07, 6.45) is 5.13. The summed E-state index contributed by atoms with van der Waals surface area (Å²) in [6.45, 7) is -0.116. The largest absolute Gasteiger partial charge is 0.484 e. The summed E-state index contributed by atoms with van der Waals surface area (Å²) in [5, 5.41) is 6.57. The fourth-order valence-corrected chi connectivity index (χ4v) is 2.90. The SMILES string of the molecule is O=C(COc1ccc(Cl)cc1)Nc1cccc(Nc2nccc(-c3cccnc3)n2)c1. The number of ether oxygens (including phenoxy) is 1. The van der Waals surface area contributed by atoms with E-state index in [4.69, 9.17) is 16.3 Å². The van der Waals surface area contributed by atoms with Crippen molar-refractivity contribution in [3.8, 4) is 17.0 Å². The molecule has 4 aromatic rings. The zero-order chi connectivity index (χ0) is 21.5. The third kappa shape index (κ3) is 5.77. The number of nitrogens with one attached hydrogen (secondary N) is 2. The Morgan fingerprint density at radius 3 is 2.61 bits per heavy atom. The number of pyridine rings is 1. The standard InChI is InChI=1S/C23H18ClN5O2/c24-17-6-8-20(9-7-17)31-15-22(30)27-18-4-1-5-19(13-18)28-23-26-12-10-21(29-23)16-3-2-11-25-14-16/h1-14H,15H2,(H,27,30)(H,26,28,29). The lowest BCUT2D eigenvalue weighted by molar-refractivity contribution is -0.118. The van der Waals surface area contributed by atoms with Gasteiger partial charge in [0.05, 0.1) is 5.69 Å². The van der Waals surface area contributed by atoms with E-state index in [0.717, 1.165) is 16.9 Å². The molecule has 4 rings (SSSR count). The van der Waals surface area contributed by atoms with E-state index < -0.39 is 0 Å². The van der Waals surface area contributed by atoms with Crippen molar-refractivity contribution in [2.24, 2.45) is 0 Å². The van der Waals surface area contributed by atoms with E-state index in [2.05, 4.69) is 25.6 Å². The third-order valence-corrected chi connectivity index (χ3v) is 4.45. The van der Waals surface area contributed by atoms with Crippen LogP contribution in [-0.2, 0) is 4.79 Å². The number of carbonyl (C=O) groups is 1. The molecular weight excluding hydrogens is 414 g/mol. The maximum Gasteiger partial charge on any atom is 0.262 e. The van der Waals surface area contributed by atoms with Crippen LogP contribution in [0.3, 0.4) is 0 Å². The molecule has 0 unspecified atom stereocenters. The Labute approximate surface area is 184 Å². The van der Waals surface area contributed by atoms with Crippen LogP contribution < -0.4 is 15.4 Å². The Morgan fingerprint density at radius 1 is 0.968 bits per heavy atom. The second kappa shape index (κ2) is 9.69. The number of benzene rings is 2. The summed E-state index contributed by atoms with van der Waals surface area (Å²) in [7, 11) is 0. The van der Waals surface area contributed by atoms with Gasteiger partial charge in [-0.3, -0.25) is 9.78 Å². The second-order valence-corrected chi connectivity index (χ2v) is 6.94. The number of rotatable bonds is 7. The molecule has 2 N–H and O–H groups in total. The van der Waals surface area contributed by atoms with Crippen molar-refractivity contribution in [3.63, 3.8) is 0 Å². The van der Waals surface area contributed by atoms with E-state index in [1.807, 2.05) is 30.3 Å². The number of nitrogens with zero attached hydrogens (tertiary/aromatic N) is 3. The van der Waals surface area contributed by atoms with Crippen LogP contribution in [0.2, 0.25) is 5.02 Å². The maximum atomic E-state index is 12.2. The van der Waals surface area contributed by atoms with E-state index in [1.54, 1.807) is 55.0 Å². The molecule has 7 nitrogen and oxygen atoms in total. The van der Waals surface area contributed by atoms with Gasteiger partial charge in [0, 0.05) is 40.6 Å². The first-order valence-corrected chi connectivity index (χ1v) is 9.82. The highest BCUT2D eigenvalue weighted by atomic mass is 35.5. The lowest BCUT2D eigenvalue weighted by Gasteiger charge is -2.10. The maximum absolute atomic E-state index is 12.2. The summed E-state index contributed by atoms with van der Waals surface area (Å²) >= 11 is 5.84. The molecule has 2 aromatic carbocycles. The number of anilines is 3. The van der Waals surface area contributed by atoms with Crippen molar-refractivity contribution in [3.05, 3.63) is 90.3 Å². The molecule has 0 saturated heterocycles. The number of aromatic nitrogens is 3. The number of hydrogen-bond donors (Lipinski definition) is 2. The van der Waals surface area contributed by atoms with Crippen LogP contribution in [0.25, 0.3) is 11.3 Å². The Balaban J connectivity index is 1.38. The van der Waals surface area contributed by atoms with Crippen LogP contribution in [0.1, 0.15) is 0 Å². The van der Waals surface area contributed by atoms with Crippen molar-refractivity contribution >= 4 is 34.8 Å². The highest BCUT2D eigenvalue weighted by molar-refractivity contribution is 6.30. The molecule has 154 valence electrons. The molecule has 2 aromatic heterocycles. The minimum absolute atomic E-state index is 0.116. The Hall–Kier alpha value is -3.97. The van der Waals surface area contributed by atoms with E-state index >= 15 is 0 Å². The van der Waals surface area contributed by atoms with Gasteiger partial charge in [-0.05, 0) is 60.7 Å². The van der Waals surface area contributed by atoms with Crippen LogP contribution in [0.15, 0.2) is 85.3 Å². The molecule has 0 saturated carbocycles. The zero-order valence-electron chi connectivity index (χ0n) is 16.3. The van der Waals surface area contributed by atoms with Gasteiger partial charge in [-0.2, -0.15) is 0 Å². The Kier molecular flexibility index (Phi) is 6.35. The minimum atomic E-state index is -0.276. The number of carbonyl (C=O) groups excluding carboxylic acids is 1. The highest BCUT2D eigenvalue weighted by Gasteiger charge is 2.06. The fraction of sp³-hybridized carbons (Fsp3) is 0.0435. The Morgan fingerprint density at radius 2 is 1.81 bits per heavy atom. The van der Waals surface area contributed by atoms with Crippen LogP contribution in [-0.4, -0.2) is 27.5 Å². The summed E-state index contributed by atoms with van der Waals surface area (Å²) in [5.41, 5.74) is 3.02. The quantitative estimate of drug-likeness (QED) is 0.430. The molecule has 0 bridgehead atoms. The normalized spacial score (nSPS) is 10.4. The molecule has 0 aliphatic carbocycles. The smallest absolute Gasteiger partial charge is 0.262 e. The van der Waals surface area contributed by atoms with Crippen molar-refractivity contribution in [1.82, 2.24) is 15.0 Å². The lowest BCUT2D eigenvalue weighted by atomic mass is 10.2. The molecule has 31 heavy (non-hydrogen) atoms. The first-order valence-electron chi connectivity index (χ1n) is 9.44. The summed E-state index contributed by atoms with van der Waals surface area (Å²) < 4.78 is 5.46. The number of amides is 1. The van der Waals surface area contributed by atoms with Gasteiger partial charge in [-0.25, -0.2) is 9.97 Å². The van der Waals surface area contributed by atoms with E-state index in [0.29, 0.717) is 22.4 Å². The second-order valence-electron chi connectivity index (χ2n) is 6.50. The molecule has 0 fully saturated rings. The zero-order valence-corrected chi connectivity index (χ0v) is 17.1. The molecule has 0 spiro atoms. The predicted octanol–water partition coefficient (Wildman–Crippen LogP) is 4.95. The first-order chi connectivity index (χ1) is 15.2. The molecule has 0 atom stereocenters. The minimum Gasteiger partial charge on any atom is -0.484 e. The van der Waals surface area contributed by atoms with Gasteiger partial charge < -0.3 is 15.4 Å². The van der Waals surface area contributed by atoms with Crippen molar-refractivity contribution < 1.29 is 9.53 Å². The van der Waals surface area contributed by atoms with Gasteiger partial charge in [0.1, 0.15) is 5.75 Å². The lowest BCUT2D eigenvalue weighted by Crippen LogP contribution is -2.20. The van der Waals surface area contributed by atoms with Crippen LogP contribution in [0, 0.1) is 0 Å². The van der Waals surface area contributed by atoms with Gasteiger partial charge in [0.2, 0.25) is 5.95 Å². The topological polar surface area (TPSA) is 89.0 Å². The van der Waals surface area contributed by atoms with E-state index in [1.165, 1.54) is 0 Å². The van der Waals surface area contributed by atoms with Crippen molar-refractivity contribution in [1.29, 1.82) is 0 Å². The van der Waals surface area contributed by atoms with Crippen LogP contribution >= 0.6 is 11.6 Å². The Bertz CT molecular complexity index is 1170. The summed E-state index contributed by atoms with van der Waals surface area (Å²) in [5.74, 6) is 0.735. The van der Waals surface area contributed by atoms with Crippen molar-refractivity contribution in [2.45, 2.75) is 0 Å². The molecule has 0 aliphatic rings. The number of hydrogen-bond acceptors (Lipinski definition) is 6. The van der Waals surface area contributed by atoms with Crippen LogP contribution in [0.4, 0.5) is 17.3 Å². The summed E-state index contributed by atoms with van der Waals surface area (Å²) in [6, 6.07) is 19.7. The predicted molar refractivity (Wildman–Crippen MR) is 121 cm³/mol. The van der Waals surface area contributed by atoms with E-state index in [9.17, 15) is 4.79 Å². The van der Waals surface area contributed by atoms with Gasteiger partial charge in [0.15, 0.2) is 6.61 Å². The average molecular weight is 432 g/mol. The molecule has 8 heteroatoms. The van der Waals surface area contributed by atoms with Crippen molar-refractivity contribution in [2.75, 3.05) is 17.2 Å². The molecule has 0 aliphatic heterocycles. The van der Waals surface area contributed by atoms with Gasteiger partial charge in [0.25, 0.3) is 5.91 Å². The van der Waals surface area contributed by atoms with Gasteiger partial charge in [-0.15, -0.1) is 0 Å². The fourth-order valence-electron chi connectivity index (χ4n) is 2.77. The average Bonchev–Trinajstić information content (AvgIpc) is 2.80. The molecule has 0 radical (unpaired) electrons. The van der Waals surface area contributed by atoms with E-state index in [-0.39, 0.29) is 12.5 Å². The third-order valence-electron chi connectivity index (χ3n) is 4.20. The molecule has 2 heterocycles. The monoisotopic (exact) mass is 431 g/mol. The molecular formula is C23H18ClN5O2. The summed E-state index contributed by atoms with van der Waals surface area (Å²) in [4.78, 5) is 25.1. The number of halogens is 1. The highest BCUT2D eigenvalue weighted by Crippen LogP contribution is 2.21. The van der Waals surface area contributed by atoms with Gasteiger partial charge in [-0.1, -0.05) is 17.7 Å². The van der Waals surface area contributed by atoms with Crippen LogP contribution in [0.5, 0.6) is 5.75 Å². The molecule has 1 amide bonds. The first kappa shape index (κ1) is 20.3.